The van der Waals surface area contributed by atoms with Gasteiger partial charge in [0.15, 0.2) is 0 Å². The standard InChI is InChI=1S/C12H26N2O3/c1-10(2)11(13)9-12(15)14-5-4-6-17-8-7-16-3/h10-11H,4-9,13H2,1-3H3,(H,14,15). The molecule has 0 saturated carbocycles. The molecule has 0 fully saturated rings. The van der Waals surface area contributed by atoms with Gasteiger partial charge in [-0.15, -0.1) is 0 Å². The number of hydrogen-bond donors (Lipinski definition) is 2. The van der Waals surface area contributed by atoms with Crippen LogP contribution in [0.15, 0.2) is 0 Å². The third-order valence-electron chi connectivity index (χ3n) is 2.50. The molecule has 1 atom stereocenters. The number of amides is 1. The summed E-state index contributed by atoms with van der Waals surface area (Å²) < 4.78 is 10.1. The van der Waals surface area contributed by atoms with E-state index in [2.05, 4.69) is 5.32 Å². The molecule has 17 heavy (non-hydrogen) atoms. The highest BCUT2D eigenvalue weighted by Gasteiger charge is 2.11. The zero-order chi connectivity index (χ0) is 13.1. The molecule has 1 unspecified atom stereocenters. The highest BCUT2D eigenvalue weighted by Crippen LogP contribution is 2.02. The fourth-order valence-electron chi connectivity index (χ4n) is 1.17. The van der Waals surface area contributed by atoms with Crippen molar-refractivity contribution in [3.8, 4) is 0 Å². The Labute approximate surface area is 104 Å². The molecule has 0 saturated heterocycles. The Morgan fingerprint density at radius 2 is 2.00 bits per heavy atom. The van der Waals surface area contributed by atoms with E-state index in [9.17, 15) is 4.79 Å². The van der Waals surface area contributed by atoms with Gasteiger partial charge in [-0.1, -0.05) is 13.8 Å². The van der Waals surface area contributed by atoms with Crippen molar-refractivity contribution in [1.29, 1.82) is 0 Å². The van der Waals surface area contributed by atoms with Crippen LogP contribution >= 0.6 is 0 Å². The van der Waals surface area contributed by atoms with Gasteiger partial charge in [-0.2, -0.15) is 0 Å². The van der Waals surface area contributed by atoms with Crippen LogP contribution in [0, 0.1) is 5.92 Å². The molecule has 0 aromatic rings. The van der Waals surface area contributed by atoms with Crippen molar-refractivity contribution in [3.05, 3.63) is 0 Å². The smallest absolute Gasteiger partial charge is 0.221 e. The van der Waals surface area contributed by atoms with Crippen LogP contribution in [0.2, 0.25) is 0 Å². The second-order valence-electron chi connectivity index (χ2n) is 4.42. The molecular weight excluding hydrogens is 220 g/mol. The van der Waals surface area contributed by atoms with Crippen LogP contribution in [0.1, 0.15) is 26.7 Å². The first kappa shape index (κ1) is 16.4. The molecule has 102 valence electrons. The van der Waals surface area contributed by atoms with Crippen LogP contribution < -0.4 is 11.1 Å². The molecule has 0 aliphatic heterocycles. The Hall–Kier alpha value is -0.650. The molecule has 0 radical (unpaired) electrons. The lowest BCUT2D eigenvalue weighted by molar-refractivity contribution is -0.121. The maximum absolute atomic E-state index is 11.4. The largest absolute Gasteiger partial charge is 0.382 e. The molecule has 0 aromatic carbocycles. The first-order valence-electron chi connectivity index (χ1n) is 6.17. The summed E-state index contributed by atoms with van der Waals surface area (Å²) in [5.41, 5.74) is 5.80. The highest BCUT2D eigenvalue weighted by atomic mass is 16.5. The third kappa shape index (κ3) is 10.2. The molecule has 0 aliphatic carbocycles. The van der Waals surface area contributed by atoms with E-state index in [4.69, 9.17) is 15.2 Å². The average molecular weight is 246 g/mol. The van der Waals surface area contributed by atoms with Gasteiger partial charge in [0.25, 0.3) is 0 Å². The summed E-state index contributed by atoms with van der Waals surface area (Å²) in [5, 5.41) is 2.83. The van der Waals surface area contributed by atoms with Gasteiger partial charge >= 0.3 is 0 Å². The Morgan fingerprint density at radius 1 is 1.29 bits per heavy atom. The van der Waals surface area contributed by atoms with Crippen molar-refractivity contribution in [2.75, 3.05) is 33.5 Å². The van der Waals surface area contributed by atoms with Crippen molar-refractivity contribution in [1.82, 2.24) is 5.32 Å². The zero-order valence-corrected chi connectivity index (χ0v) is 11.2. The number of nitrogens with two attached hydrogens (primary N) is 1. The molecule has 0 bridgehead atoms. The Bertz CT molecular complexity index is 198. The topological polar surface area (TPSA) is 73.6 Å². The minimum atomic E-state index is -0.0621. The Balaban J connectivity index is 3.33. The Morgan fingerprint density at radius 3 is 2.59 bits per heavy atom. The van der Waals surface area contributed by atoms with Gasteiger partial charge in [0, 0.05) is 32.7 Å². The molecule has 3 N–H and O–H groups in total. The number of carbonyl (C=O) groups excluding carboxylic acids is 1. The highest BCUT2D eigenvalue weighted by molar-refractivity contribution is 5.76. The summed E-state index contributed by atoms with van der Waals surface area (Å²) in [5.74, 6) is 0.348. The zero-order valence-electron chi connectivity index (χ0n) is 11.2. The van der Waals surface area contributed by atoms with E-state index in [1.807, 2.05) is 13.8 Å². The first-order chi connectivity index (χ1) is 8.07. The fourth-order valence-corrected chi connectivity index (χ4v) is 1.17. The summed E-state index contributed by atoms with van der Waals surface area (Å²) in [6.45, 7) is 6.51. The normalized spacial score (nSPS) is 12.8. The quantitative estimate of drug-likeness (QED) is 0.551. The summed E-state index contributed by atoms with van der Waals surface area (Å²) in [4.78, 5) is 11.4. The molecule has 0 aromatic heterocycles. The van der Waals surface area contributed by atoms with Crippen LogP contribution in [0.5, 0.6) is 0 Å². The van der Waals surface area contributed by atoms with Crippen LogP contribution in [0.3, 0.4) is 0 Å². The van der Waals surface area contributed by atoms with E-state index >= 15 is 0 Å². The van der Waals surface area contributed by atoms with Crippen molar-refractivity contribution in [3.63, 3.8) is 0 Å². The Kier molecular flexibility index (Phi) is 10.1. The van der Waals surface area contributed by atoms with Gasteiger partial charge < -0.3 is 20.5 Å². The summed E-state index contributed by atoms with van der Waals surface area (Å²) >= 11 is 0. The molecule has 0 aliphatic rings. The van der Waals surface area contributed by atoms with Crippen molar-refractivity contribution >= 4 is 5.91 Å². The number of nitrogens with one attached hydrogen (secondary N) is 1. The molecule has 5 heteroatoms. The monoisotopic (exact) mass is 246 g/mol. The van der Waals surface area contributed by atoms with Gasteiger partial charge in [-0.05, 0) is 12.3 Å². The molecular formula is C12H26N2O3. The van der Waals surface area contributed by atoms with Crippen molar-refractivity contribution in [2.45, 2.75) is 32.7 Å². The molecule has 0 rings (SSSR count). The number of hydrogen-bond acceptors (Lipinski definition) is 4. The summed E-state index contributed by atoms with van der Waals surface area (Å²) in [6.07, 6.45) is 1.20. The lowest BCUT2D eigenvalue weighted by atomic mass is 10.0. The predicted molar refractivity (Wildman–Crippen MR) is 67.8 cm³/mol. The van der Waals surface area contributed by atoms with E-state index in [1.165, 1.54) is 0 Å². The molecule has 0 spiro atoms. The molecule has 1 amide bonds. The van der Waals surface area contributed by atoms with Gasteiger partial charge in [-0.3, -0.25) is 4.79 Å². The summed E-state index contributed by atoms with van der Waals surface area (Å²) in [6, 6.07) is -0.0621. The first-order valence-corrected chi connectivity index (χ1v) is 6.17. The fraction of sp³-hybridized carbons (Fsp3) is 0.917. The average Bonchev–Trinajstić information content (AvgIpc) is 2.27. The minimum absolute atomic E-state index is 0.0168. The van der Waals surface area contributed by atoms with E-state index in [-0.39, 0.29) is 11.9 Å². The maximum Gasteiger partial charge on any atom is 0.221 e. The number of rotatable bonds is 10. The number of ether oxygens (including phenoxy) is 2. The van der Waals surface area contributed by atoms with E-state index in [0.717, 1.165) is 6.42 Å². The van der Waals surface area contributed by atoms with E-state index in [0.29, 0.717) is 38.7 Å². The lowest BCUT2D eigenvalue weighted by Crippen LogP contribution is -2.35. The molecule has 5 nitrogen and oxygen atoms in total. The van der Waals surface area contributed by atoms with Gasteiger partial charge in [0.1, 0.15) is 0 Å². The van der Waals surface area contributed by atoms with Crippen molar-refractivity contribution in [2.24, 2.45) is 11.7 Å². The maximum atomic E-state index is 11.4. The second-order valence-corrected chi connectivity index (χ2v) is 4.42. The van der Waals surface area contributed by atoms with E-state index < -0.39 is 0 Å². The SMILES string of the molecule is COCCOCCCNC(=O)CC(N)C(C)C. The van der Waals surface area contributed by atoms with Crippen LogP contribution in [-0.4, -0.2) is 45.4 Å². The number of carbonyl (C=O) groups is 1. The number of methoxy groups -OCH3 is 1. The van der Waals surface area contributed by atoms with Crippen LogP contribution in [0.25, 0.3) is 0 Å². The van der Waals surface area contributed by atoms with Gasteiger partial charge in [-0.25, -0.2) is 0 Å². The minimum Gasteiger partial charge on any atom is -0.382 e. The van der Waals surface area contributed by atoms with Crippen molar-refractivity contribution < 1.29 is 14.3 Å². The second kappa shape index (κ2) is 10.5. The predicted octanol–water partition coefficient (Wildman–Crippen LogP) is 0.529. The van der Waals surface area contributed by atoms with Crippen LogP contribution in [-0.2, 0) is 14.3 Å². The van der Waals surface area contributed by atoms with Crippen LogP contribution in [0.4, 0.5) is 0 Å². The molecule has 0 heterocycles. The van der Waals surface area contributed by atoms with E-state index in [1.54, 1.807) is 7.11 Å². The van der Waals surface area contributed by atoms with Gasteiger partial charge in [0.05, 0.1) is 13.2 Å². The lowest BCUT2D eigenvalue weighted by Gasteiger charge is -2.14. The van der Waals surface area contributed by atoms with Gasteiger partial charge in [0.2, 0.25) is 5.91 Å². The summed E-state index contributed by atoms with van der Waals surface area (Å²) in [7, 11) is 1.64. The third-order valence-corrected chi connectivity index (χ3v) is 2.50.